The number of hydrogen-bond acceptors (Lipinski definition) is 3. The summed E-state index contributed by atoms with van der Waals surface area (Å²) in [5.74, 6) is -1.51. The molecule has 6 heteroatoms. The molecule has 0 unspecified atom stereocenters. The Kier molecular flexibility index (Phi) is 2.63. The van der Waals surface area contributed by atoms with Crippen molar-refractivity contribution >= 4 is 11.9 Å². The van der Waals surface area contributed by atoms with Crippen LogP contribution in [-0.2, 0) is 11.8 Å². The van der Waals surface area contributed by atoms with Gasteiger partial charge in [-0.05, 0) is 0 Å². The molecule has 1 rings (SSSR count). The number of aryl methyl sites for hydroxylation is 1. The number of amides is 1. The molecule has 0 fully saturated rings. The van der Waals surface area contributed by atoms with E-state index in [9.17, 15) is 9.59 Å². The predicted molar refractivity (Wildman–Crippen MR) is 43.2 cm³/mol. The third-order valence-electron chi connectivity index (χ3n) is 1.37. The van der Waals surface area contributed by atoms with Crippen molar-refractivity contribution in [1.29, 1.82) is 0 Å². The van der Waals surface area contributed by atoms with Crippen LogP contribution >= 0.6 is 0 Å². The normalized spacial score (nSPS) is 9.62. The Morgan fingerprint density at radius 3 is 2.85 bits per heavy atom. The summed E-state index contributed by atoms with van der Waals surface area (Å²) in [6.07, 6.45) is 2.88. The maximum atomic E-state index is 11.1. The molecule has 0 aliphatic rings. The molecule has 1 aromatic rings. The van der Waals surface area contributed by atoms with E-state index in [0.717, 1.165) is 0 Å². The molecule has 1 aromatic heterocycles. The van der Waals surface area contributed by atoms with Gasteiger partial charge in [0.25, 0.3) is 5.91 Å². The molecule has 0 aliphatic heterocycles. The van der Waals surface area contributed by atoms with Crippen LogP contribution in [0.1, 0.15) is 10.4 Å². The third kappa shape index (κ3) is 2.58. The van der Waals surface area contributed by atoms with E-state index >= 15 is 0 Å². The molecule has 0 saturated carbocycles. The summed E-state index contributed by atoms with van der Waals surface area (Å²) in [6.45, 7) is -0.381. The van der Waals surface area contributed by atoms with Crippen LogP contribution in [0.2, 0.25) is 0 Å². The molecule has 0 radical (unpaired) electrons. The number of hydrogen-bond donors (Lipinski definition) is 2. The van der Waals surface area contributed by atoms with Gasteiger partial charge in [0.1, 0.15) is 6.54 Å². The van der Waals surface area contributed by atoms with Crippen LogP contribution in [-0.4, -0.2) is 33.3 Å². The summed E-state index contributed by atoms with van der Waals surface area (Å²) < 4.78 is 1.47. The van der Waals surface area contributed by atoms with Crippen molar-refractivity contribution in [3.05, 3.63) is 18.0 Å². The van der Waals surface area contributed by atoms with E-state index in [1.54, 1.807) is 7.05 Å². The smallest absolute Gasteiger partial charge is 0.322 e. The van der Waals surface area contributed by atoms with Gasteiger partial charge in [0.2, 0.25) is 0 Å². The van der Waals surface area contributed by atoms with Crippen molar-refractivity contribution in [2.45, 2.75) is 0 Å². The van der Waals surface area contributed by atoms with E-state index in [-0.39, 0.29) is 6.54 Å². The average Bonchev–Trinajstić information content (AvgIpc) is 2.47. The Labute approximate surface area is 74.2 Å². The molecule has 6 nitrogen and oxygen atoms in total. The van der Waals surface area contributed by atoms with Crippen LogP contribution < -0.4 is 5.32 Å². The van der Waals surface area contributed by atoms with Crippen molar-refractivity contribution in [1.82, 2.24) is 15.1 Å². The van der Waals surface area contributed by atoms with Gasteiger partial charge in [-0.2, -0.15) is 5.10 Å². The minimum Gasteiger partial charge on any atom is -0.480 e. The number of nitrogens with zero attached hydrogens (tertiary/aromatic N) is 2. The zero-order chi connectivity index (χ0) is 9.84. The van der Waals surface area contributed by atoms with Crippen LogP contribution in [0, 0.1) is 0 Å². The zero-order valence-corrected chi connectivity index (χ0v) is 7.02. The Morgan fingerprint density at radius 1 is 1.69 bits per heavy atom. The highest BCUT2D eigenvalue weighted by Crippen LogP contribution is 1.94. The fraction of sp³-hybridized carbons (Fsp3) is 0.286. The Bertz CT molecular complexity index is 331. The van der Waals surface area contributed by atoms with E-state index in [1.165, 1.54) is 17.1 Å². The highest BCUT2D eigenvalue weighted by molar-refractivity contribution is 5.95. The average molecular weight is 183 g/mol. The molecule has 70 valence electrons. The predicted octanol–water partition coefficient (Wildman–Crippen LogP) is -0.765. The van der Waals surface area contributed by atoms with E-state index in [2.05, 4.69) is 10.4 Å². The quantitative estimate of drug-likeness (QED) is 0.644. The molecule has 0 saturated heterocycles. The summed E-state index contributed by atoms with van der Waals surface area (Å²) in [6, 6.07) is 0. The summed E-state index contributed by atoms with van der Waals surface area (Å²) in [7, 11) is 1.67. The minimum absolute atomic E-state index is 0.351. The largest absolute Gasteiger partial charge is 0.480 e. The van der Waals surface area contributed by atoms with Crippen LogP contribution in [0.25, 0.3) is 0 Å². The van der Waals surface area contributed by atoms with E-state index in [0.29, 0.717) is 5.56 Å². The van der Waals surface area contributed by atoms with Crippen molar-refractivity contribution in [3.8, 4) is 0 Å². The molecule has 13 heavy (non-hydrogen) atoms. The van der Waals surface area contributed by atoms with E-state index in [1.807, 2.05) is 0 Å². The molecule has 0 aliphatic carbocycles. The third-order valence-corrected chi connectivity index (χ3v) is 1.37. The van der Waals surface area contributed by atoms with Gasteiger partial charge in [-0.1, -0.05) is 0 Å². The zero-order valence-electron chi connectivity index (χ0n) is 7.02. The van der Waals surface area contributed by atoms with Crippen LogP contribution in [0.5, 0.6) is 0 Å². The van der Waals surface area contributed by atoms with Crippen LogP contribution in [0.4, 0.5) is 0 Å². The standard InChI is InChI=1S/C7H9N3O3/c1-10-4-5(2-9-10)7(13)8-3-6(11)12/h2,4H,3H2,1H3,(H,8,13)(H,11,12). The van der Waals surface area contributed by atoms with E-state index in [4.69, 9.17) is 5.11 Å². The summed E-state index contributed by atoms with van der Waals surface area (Å²) in [5.41, 5.74) is 0.351. The van der Waals surface area contributed by atoms with E-state index < -0.39 is 11.9 Å². The molecule has 0 spiro atoms. The second kappa shape index (κ2) is 3.70. The molecule has 1 amide bonds. The highest BCUT2D eigenvalue weighted by atomic mass is 16.4. The number of carbonyl (C=O) groups is 2. The summed E-state index contributed by atoms with van der Waals surface area (Å²) in [5, 5.41) is 14.3. The number of aliphatic carboxylic acids is 1. The van der Waals surface area contributed by atoms with Gasteiger partial charge in [0.15, 0.2) is 0 Å². The SMILES string of the molecule is Cn1cc(C(=O)NCC(=O)O)cn1. The first kappa shape index (κ1) is 9.24. The summed E-state index contributed by atoms with van der Waals surface area (Å²) in [4.78, 5) is 21.2. The Hall–Kier alpha value is -1.85. The maximum Gasteiger partial charge on any atom is 0.322 e. The number of nitrogens with one attached hydrogen (secondary N) is 1. The lowest BCUT2D eigenvalue weighted by Gasteiger charge is -1.97. The monoisotopic (exact) mass is 183 g/mol. The lowest BCUT2D eigenvalue weighted by atomic mass is 10.3. The summed E-state index contributed by atoms with van der Waals surface area (Å²) >= 11 is 0. The van der Waals surface area contributed by atoms with Crippen molar-refractivity contribution < 1.29 is 14.7 Å². The molecule has 1 heterocycles. The van der Waals surface area contributed by atoms with Crippen LogP contribution in [0.3, 0.4) is 0 Å². The number of carboxylic acid groups (broad SMARTS) is 1. The number of aromatic nitrogens is 2. The fourth-order valence-corrected chi connectivity index (χ4v) is 0.796. The highest BCUT2D eigenvalue weighted by Gasteiger charge is 2.07. The molecular formula is C7H9N3O3. The lowest BCUT2D eigenvalue weighted by molar-refractivity contribution is -0.135. The molecular weight excluding hydrogens is 174 g/mol. The maximum absolute atomic E-state index is 11.1. The first-order chi connectivity index (χ1) is 6.09. The van der Waals surface area contributed by atoms with Gasteiger partial charge in [-0.25, -0.2) is 0 Å². The lowest BCUT2D eigenvalue weighted by Crippen LogP contribution is -2.28. The molecule has 0 bridgehead atoms. The van der Waals surface area contributed by atoms with Crippen molar-refractivity contribution in [3.63, 3.8) is 0 Å². The van der Waals surface area contributed by atoms with Gasteiger partial charge in [-0.15, -0.1) is 0 Å². The van der Waals surface area contributed by atoms with Crippen molar-refractivity contribution in [2.24, 2.45) is 7.05 Å². The fourth-order valence-electron chi connectivity index (χ4n) is 0.796. The molecule has 0 aromatic carbocycles. The first-order valence-electron chi connectivity index (χ1n) is 3.58. The van der Waals surface area contributed by atoms with Crippen LogP contribution in [0.15, 0.2) is 12.4 Å². The second-order valence-electron chi connectivity index (χ2n) is 2.48. The number of carboxylic acids is 1. The minimum atomic E-state index is -1.07. The van der Waals surface area contributed by atoms with Gasteiger partial charge in [0.05, 0.1) is 11.8 Å². The number of rotatable bonds is 3. The van der Waals surface area contributed by atoms with Gasteiger partial charge < -0.3 is 10.4 Å². The molecule has 0 atom stereocenters. The topological polar surface area (TPSA) is 84.2 Å². The van der Waals surface area contributed by atoms with Gasteiger partial charge in [-0.3, -0.25) is 14.3 Å². The molecule has 2 N–H and O–H groups in total. The Morgan fingerprint density at radius 2 is 2.38 bits per heavy atom. The van der Waals surface area contributed by atoms with Crippen molar-refractivity contribution in [2.75, 3.05) is 6.54 Å². The number of carbonyl (C=O) groups excluding carboxylic acids is 1. The first-order valence-corrected chi connectivity index (χ1v) is 3.58. The Balaban J connectivity index is 2.54. The second-order valence-corrected chi connectivity index (χ2v) is 2.48. The van der Waals surface area contributed by atoms with Gasteiger partial charge >= 0.3 is 5.97 Å². The van der Waals surface area contributed by atoms with Gasteiger partial charge in [0, 0.05) is 13.2 Å².